The van der Waals surface area contributed by atoms with E-state index < -0.39 is 23.8 Å². The lowest BCUT2D eigenvalue weighted by atomic mass is 9.91. The van der Waals surface area contributed by atoms with Gasteiger partial charge < -0.3 is 19.7 Å². The maximum absolute atomic E-state index is 9.68. The Bertz CT molecular complexity index is 209. The van der Waals surface area contributed by atoms with E-state index in [-0.39, 0.29) is 0 Å². The van der Waals surface area contributed by atoms with E-state index in [1.165, 1.54) is 0 Å². The second-order valence-electron chi connectivity index (χ2n) is 4.74. The molecule has 0 spiro atoms. The third kappa shape index (κ3) is 3.14. The highest BCUT2D eigenvalue weighted by atomic mass is 16.7. The van der Waals surface area contributed by atoms with Crippen molar-refractivity contribution in [2.45, 2.75) is 70.7 Å². The Morgan fingerprint density at radius 1 is 1.60 bits per heavy atom. The van der Waals surface area contributed by atoms with Crippen molar-refractivity contribution in [2.75, 3.05) is 0 Å². The Kier molecular flexibility index (Phi) is 3.76. The van der Waals surface area contributed by atoms with Gasteiger partial charge in [0.25, 0.3) is 0 Å². The normalized spacial score (nSPS) is 34.4. The van der Waals surface area contributed by atoms with Crippen molar-refractivity contribution in [3.05, 3.63) is 0 Å². The zero-order chi connectivity index (χ0) is 11.7. The quantitative estimate of drug-likeness (QED) is 0.700. The van der Waals surface area contributed by atoms with Gasteiger partial charge in [-0.25, -0.2) is 0 Å². The average molecular weight is 218 g/mol. The van der Waals surface area contributed by atoms with Crippen molar-refractivity contribution in [1.29, 1.82) is 0 Å². The van der Waals surface area contributed by atoms with Crippen molar-refractivity contribution in [3.8, 4) is 0 Å². The number of rotatable bonds is 4. The monoisotopic (exact) mass is 218 g/mol. The maximum atomic E-state index is 9.68. The predicted octanol–water partition coefficient (Wildman–Crippen LogP) is 1.40. The SMILES string of the molecule is CCC1(C(C)O)CCC(OC(C)(C)O)O1. The van der Waals surface area contributed by atoms with Crippen molar-refractivity contribution in [1.82, 2.24) is 0 Å². The average Bonchev–Trinajstić information content (AvgIpc) is 2.46. The molecule has 3 unspecified atom stereocenters. The summed E-state index contributed by atoms with van der Waals surface area (Å²) in [6.07, 6.45) is 1.29. The van der Waals surface area contributed by atoms with Crippen LogP contribution in [0.5, 0.6) is 0 Å². The van der Waals surface area contributed by atoms with E-state index in [9.17, 15) is 10.2 Å². The molecule has 0 aromatic carbocycles. The lowest BCUT2D eigenvalue weighted by Gasteiger charge is -2.32. The highest BCUT2D eigenvalue weighted by Crippen LogP contribution is 2.37. The molecule has 0 radical (unpaired) electrons. The van der Waals surface area contributed by atoms with E-state index in [1.807, 2.05) is 6.92 Å². The minimum absolute atomic E-state index is 0.417. The van der Waals surface area contributed by atoms with Crippen LogP contribution in [0.4, 0.5) is 0 Å². The summed E-state index contributed by atoms with van der Waals surface area (Å²) in [6, 6.07) is 0. The molecule has 3 atom stereocenters. The third-order valence-corrected chi connectivity index (χ3v) is 2.95. The van der Waals surface area contributed by atoms with Crippen molar-refractivity contribution < 1.29 is 19.7 Å². The van der Waals surface area contributed by atoms with Crippen LogP contribution in [0.15, 0.2) is 0 Å². The molecule has 15 heavy (non-hydrogen) atoms. The number of hydrogen-bond donors (Lipinski definition) is 2. The largest absolute Gasteiger partial charge is 0.390 e. The number of ether oxygens (including phenoxy) is 2. The molecule has 1 aliphatic rings. The molecule has 1 saturated heterocycles. The summed E-state index contributed by atoms with van der Waals surface area (Å²) in [4.78, 5) is 0. The predicted molar refractivity (Wildman–Crippen MR) is 56.2 cm³/mol. The molecule has 4 nitrogen and oxygen atoms in total. The van der Waals surface area contributed by atoms with Gasteiger partial charge in [-0.05, 0) is 33.6 Å². The van der Waals surface area contributed by atoms with Crippen molar-refractivity contribution >= 4 is 0 Å². The van der Waals surface area contributed by atoms with Crippen LogP contribution in [0.3, 0.4) is 0 Å². The molecule has 2 N–H and O–H groups in total. The number of aliphatic hydroxyl groups excluding tert-OH is 1. The first kappa shape index (κ1) is 12.9. The molecule has 1 heterocycles. The summed E-state index contributed by atoms with van der Waals surface area (Å²) >= 11 is 0. The van der Waals surface area contributed by atoms with Crippen LogP contribution < -0.4 is 0 Å². The third-order valence-electron chi connectivity index (χ3n) is 2.95. The zero-order valence-electron chi connectivity index (χ0n) is 9.99. The lowest BCUT2D eigenvalue weighted by Crippen LogP contribution is -2.41. The van der Waals surface area contributed by atoms with Gasteiger partial charge in [-0.2, -0.15) is 0 Å². The van der Waals surface area contributed by atoms with E-state index in [0.717, 1.165) is 12.8 Å². The molecular weight excluding hydrogens is 196 g/mol. The fourth-order valence-electron chi connectivity index (χ4n) is 2.01. The number of hydrogen-bond acceptors (Lipinski definition) is 4. The number of aliphatic hydroxyl groups is 2. The lowest BCUT2D eigenvalue weighted by molar-refractivity contribution is -0.288. The summed E-state index contributed by atoms with van der Waals surface area (Å²) in [6.45, 7) is 6.87. The minimum atomic E-state index is -1.19. The van der Waals surface area contributed by atoms with Crippen LogP contribution >= 0.6 is 0 Å². The van der Waals surface area contributed by atoms with Crippen LogP contribution in [-0.2, 0) is 9.47 Å². The first-order valence-corrected chi connectivity index (χ1v) is 5.55. The maximum Gasteiger partial charge on any atom is 0.162 e. The minimum Gasteiger partial charge on any atom is -0.390 e. The van der Waals surface area contributed by atoms with E-state index in [4.69, 9.17) is 9.47 Å². The second-order valence-corrected chi connectivity index (χ2v) is 4.74. The van der Waals surface area contributed by atoms with E-state index in [1.54, 1.807) is 20.8 Å². The fraction of sp³-hybridized carbons (Fsp3) is 1.00. The van der Waals surface area contributed by atoms with Gasteiger partial charge in [0.05, 0.1) is 11.7 Å². The van der Waals surface area contributed by atoms with E-state index in [0.29, 0.717) is 6.42 Å². The Morgan fingerprint density at radius 2 is 2.20 bits per heavy atom. The van der Waals surface area contributed by atoms with Crippen LogP contribution in [0, 0.1) is 0 Å². The molecule has 4 heteroatoms. The Hall–Kier alpha value is -0.160. The van der Waals surface area contributed by atoms with Gasteiger partial charge in [0.2, 0.25) is 0 Å². The Labute approximate surface area is 91.2 Å². The topological polar surface area (TPSA) is 58.9 Å². The summed E-state index contributed by atoms with van der Waals surface area (Å²) in [7, 11) is 0. The van der Waals surface area contributed by atoms with Crippen LogP contribution in [-0.4, -0.2) is 34.0 Å². The Morgan fingerprint density at radius 3 is 2.53 bits per heavy atom. The highest BCUT2D eigenvalue weighted by molar-refractivity contribution is 4.90. The van der Waals surface area contributed by atoms with Crippen LogP contribution in [0.25, 0.3) is 0 Å². The zero-order valence-corrected chi connectivity index (χ0v) is 9.99. The van der Waals surface area contributed by atoms with Gasteiger partial charge in [-0.1, -0.05) is 6.92 Å². The van der Waals surface area contributed by atoms with Crippen LogP contribution in [0.2, 0.25) is 0 Å². The molecule has 0 aliphatic carbocycles. The molecule has 90 valence electrons. The first-order chi connectivity index (χ1) is 6.79. The fourth-order valence-corrected chi connectivity index (χ4v) is 2.01. The van der Waals surface area contributed by atoms with Gasteiger partial charge in [0.15, 0.2) is 12.1 Å². The summed E-state index contributed by atoms with van der Waals surface area (Å²) in [5.41, 5.74) is -0.504. The highest BCUT2D eigenvalue weighted by Gasteiger charge is 2.44. The summed E-state index contributed by atoms with van der Waals surface area (Å²) < 4.78 is 11.0. The van der Waals surface area contributed by atoms with Gasteiger partial charge in [0, 0.05) is 6.42 Å². The first-order valence-electron chi connectivity index (χ1n) is 5.55. The summed E-state index contributed by atoms with van der Waals surface area (Å²) in [5.74, 6) is -1.19. The van der Waals surface area contributed by atoms with Gasteiger partial charge in [0.1, 0.15) is 0 Å². The van der Waals surface area contributed by atoms with E-state index in [2.05, 4.69) is 0 Å². The van der Waals surface area contributed by atoms with E-state index >= 15 is 0 Å². The van der Waals surface area contributed by atoms with Crippen molar-refractivity contribution in [2.24, 2.45) is 0 Å². The van der Waals surface area contributed by atoms with Gasteiger partial charge >= 0.3 is 0 Å². The molecule has 0 aromatic rings. The molecule has 0 aromatic heterocycles. The Balaban J connectivity index is 2.57. The standard InChI is InChI=1S/C11H22O4/c1-5-11(8(2)12)7-6-9(15-11)14-10(3,4)13/h8-9,12-13H,5-7H2,1-4H3. The molecule has 0 amide bonds. The summed E-state index contributed by atoms with van der Waals surface area (Å²) in [5, 5.41) is 19.2. The molecule has 1 fully saturated rings. The van der Waals surface area contributed by atoms with Crippen LogP contribution in [0.1, 0.15) is 47.0 Å². The molecule has 0 saturated carbocycles. The smallest absolute Gasteiger partial charge is 0.162 e. The van der Waals surface area contributed by atoms with Crippen molar-refractivity contribution in [3.63, 3.8) is 0 Å². The molecule has 1 aliphatic heterocycles. The second kappa shape index (κ2) is 4.37. The van der Waals surface area contributed by atoms with Gasteiger partial charge in [-0.3, -0.25) is 0 Å². The molecule has 0 bridgehead atoms. The molecule has 1 rings (SSSR count). The van der Waals surface area contributed by atoms with Gasteiger partial charge in [-0.15, -0.1) is 0 Å². The molecular formula is C11H22O4.